The van der Waals surface area contributed by atoms with Gasteiger partial charge in [-0.05, 0) is 12.0 Å². The number of amides is 1. The first-order chi connectivity index (χ1) is 19.1. The number of pyridine rings is 2. The lowest BCUT2D eigenvalue weighted by molar-refractivity contribution is -0.326. The Morgan fingerprint density at radius 1 is 1.07 bits per heavy atom. The van der Waals surface area contributed by atoms with Gasteiger partial charge >= 0.3 is 6.36 Å². The van der Waals surface area contributed by atoms with Gasteiger partial charge in [-0.3, -0.25) is 18.9 Å². The van der Waals surface area contributed by atoms with Crippen LogP contribution in [0.2, 0.25) is 0 Å². The summed E-state index contributed by atoms with van der Waals surface area (Å²) in [5.74, 6) is -7.84. The van der Waals surface area contributed by atoms with Crippen LogP contribution in [0.3, 0.4) is 0 Å². The van der Waals surface area contributed by atoms with Crippen LogP contribution in [-0.2, 0) is 4.74 Å². The van der Waals surface area contributed by atoms with Crippen molar-refractivity contribution in [2.45, 2.75) is 38.5 Å². The van der Waals surface area contributed by atoms with Crippen molar-refractivity contribution in [3.63, 3.8) is 0 Å². The standard InChI is InChI=1S/C25H23F7N4O5/c1-10(2)17(9-41-25(30,31)32)33-24(40)13-6-36(20-14(27)3-11(26)4-15(20)28)22-12(21(13)39)5-16(29)23(34-22)35-7-18(37)19(38)8-35/h3-6,10,17-19,37-38H,7-9H2,1-2H3,(H,33,40)/t17?,18-,19-/m1/s1. The van der Waals surface area contributed by atoms with Crippen LogP contribution in [0.25, 0.3) is 16.7 Å². The van der Waals surface area contributed by atoms with Crippen molar-refractivity contribution in [2.75, 3.05) is 24.6 Å². The summed E-state index contributed by atoms with van der Waals surface area (Å²) in [4.78, 5) is 31.5. The summed E-state index contributed by atoms with van der Waals surface area (Å²) < 4.78 is 101. The molecule has 3 atom stereocenters. The maximum atomic E-state index is 15.2. The zero-order chi connectivity index (χ0) is 30.4. The average molecular weight is 592 g/mol. The molecule has 222 valence electrons. The van der Waals surface area contributed by atoms with Crippen molar-refractivity contribution in [1.82, 2.24) is 14.9 Å². The fourth-order valence-electron chi connectivity index (χ4n) is 4.31. The lowest BCUT2D eigenvalue weighted by Crippen LogP contribution is -2.44. The van der Waals surface area contributed by atoms with Gasteiger partial charge in [0.05, 0.1) is 30.2 Å². The molecule has 0 radical (unpaired) electrons. The van der Waals surface area contributed by atoms with Gasteiger partial charge in [-0.1, -0.05) is 13.8 Å². The molecule has 41 heavy (non-hydrogen) atoms. The van der Waals surface area contributed by atoms with E-state index in [9.17, 15) is 46.1 Å². The predicted octanol–water partition coefficient (Wildman–Crippen LogP) is 2.77. The third-order valence-electron chi connectivity index (χ3n) is 6.49. The number of nitrogens with zero attached hydrogens (tertiary/aromatic N) is 3. The van der Waals surface area contributed by atoms with Crippen molar-refractivity contribution >= 4 is 22.8 Å². The number of β-amino-alcohol motifs (C(OH)–C–C–N with tert-alkyl or cyclic N) is 2. The van der Waals surface area contributed by atoms with E-state index in [0.29, 0.717) is 29.0 Å². The smallest absolute Gasteiger partial charge is 0.389 e. The molecule has 4 rings (SSSR count). The Morgan fingerprint density at radius 3 is 2.20 bits per heavy atom. The van der Waals surface area contributed by atoms with E-state index >= 15 is 4.39 Å². The molecule has 2 aromatic heterocycles. The Bertz CT molecular complexity index is 1510. The van der Waals surface area contributed by atoms with Crippen molar-refractivity contribution in [3.05, 3.63) is 63.5 Å². The number of nitrogens with one attached hydrogen (secondary N) is 1. The van der Waals surface area contributed by atoms with Crippen molar-refractivity contribution in [1.29, 1.82) is 0 Å². The Hall–Kier alpha value is -3.76. The summed E-state index contributed by atoms with van der Waals surface area (Å²) in [6.45, 7) is 1.33. The molecule has 1 aliphatic rings. The number of hydrogen-bond donors (Lipinski definition) is 3. The third-order valence-corrected chi connectivity index (χ3v) is 6.49. The molecule has 16 heteroatoms. The van der Waals surface area contributed by atoms with E-state index in [4.69, 9.17) is 0 Å². The Balaban J connectivity index is 1.90. The van der Waals surface area contributed by atoms with Crippen LogP contribution < -0.4 is 15.6 Å². The van der Waals surface area contributed by atoms with Gasteiger partial charge in [-0.25, -0.2) is 22.5 Å². The number of alkyl halides is 3. The molecular formula is C25H23F7N4O5. The van der Waals surface area contributed by atoms with Gasteiger partial charge in [0.25, 0.3) is 5.91 Å². The summed E-state index contributed by atoms with van der Waals surface area (Å²) in [5, 5.41) is 21.3. The highest BCUT2D eigenvalue weighted by Gasteiger charge is 2.34. The number of carbonyl (C=O) groups is 1. The Morgan fingerprint density at radius 2 is 1.66 bits per heavy atom. The number of aliphatic hydroxyl groups excluding tert-OH is 2. The largest absolute Gasteiger partial charge is 0.522 e. The maximum Gasteiger partial charge on any atom is 0.522 e. The van der Waals surface area contributed by atoms with Crippen LogP contribution in [0.4, 0.5) is 36.6 Å². The number of aromatic nitrogens is 2. The number of ether oxygens (including phenoxy) is 1. The highest BCUT2D eigenvalue weighted by Crippen LogP contribution is 2.28. The number of benzene rings is 1. The molecule has 1 fully saturated rings. The summed E-state index contributed by atoms with van der Waals surface area (Å²) in [6.07, 6.45) is -6.93. The SMILES string of the molecule is CC(C)C(COC(F)(F)F)NC(=O)c1cn(-c2c(F)cc(F)cc2F)c2nc(N3C[C@@H](O)[C@H](O)C3)c(F)cc2c1=O. The zero-order valence-corrected chi connectivity index (χ0v) is 21.3. The second-order valence-corrected chi connectivity index (χ2v) is 9.75. The zero-order valence-electron chi connectivity index (χ0n) is 21.3. The van der Waals surface area contributed by atoms with Gasteiger partial charge < -0.3 is 20.4 Å². The lowest BCUT2D eigenvalue weighted by Gasteiger charge is -2.23. The summed E-state index contributed by atoms with van der Waals surface area (Å²) in [6, 6.07) is -0.0419. The molecule has 1 unspecified atom stereocenters. The molecule has 1 amide bonds. The maximum absolute atomic E-state index is 15.2. The van der Waals surface area contributed by atoms with Crippen molar-refractivity contribution < 1.29 is 50.5 Å². The van der Waals surface area contributed by atoms with Crippen LogP contribution in [0.15, 0.2) is 29.2 Å². The van der Waals surface area contributed by atoms with Crippen molar-refractivity contribution in [3.8, 4) is 5.69 Å². The highest BCUT2D eigenvalue weighted by molar-refractivity contribution is 5.97. The van der Waals surface area contributed by atoms with E-state index < -0.39 is 99.8 Å². The monoisotopic (exact) mass is 592 g/mol. The quantitative estimate of drug-likeness (QED) is 0.362. The molecular weight excluding hydrogens is 569 g/mol. The minimum atomic E-state index is -5.02. The fourth-order valence-corrected chi connectivity index (χ4v) is 4.31. The molecule has 0 saturated carbocycles. The Labute approximate surface area is 226 Å². The minimum Gasteiger partial charge on any atom is -0.389 e. The molecule has 1 aliphatic heterocycles. The molecule has 1 saturated heterocycles. The van der Waals surface area contributed by atoms with Gasteiger partial charge in [0.2, 0.25) is 5.43 Å². The predicted molar refractivity (Wildman–Crippen MR) is 129 cm³/mol. The third kappa shape index (κ3) is 6.28. The Kier molecular flexibility index (Phi) is 8.29. The second kappa shape index (κ2) is 11.3. The number of hydrogen-bond acceptors (Lipinski definition) is 7. The number of aliphatic hydroxyl groups is 2. The summed E-state index contributed by atoms with van der Waals surface area (Å²) in [5.41, 5.74) is -3.61. The van der Waals surface area contributed by atoms with Gasteiger partial charge in [-0.15, -0.1) is 13.2 Å². The first kappa shape index (κ1) is 30.2. The van der Waals surface area contributed by atoms with Crippen LogP contribution >= 0.6 is 0 Å². The normalized spacial score (nSPS) is 18.4. The van der Waals surface area contributed by atoms with Gasteiger partial charge in [0.1, 0.15) is 17.1 Å². The van der Waals surface area contributed by atoms with E-state index in [1.54, 1.807) is 0 Å². The van der Waals surface area contributed by atoms with Crippen LogP contribution in [0.5, 0.6) is 0 Å². The fraction of sp³-hybridized carbons (Fsp3) is 0.400. The second-order valence-electron chi connectivity index (χ2n) is 9.75. The molecule has 3 heterocycles. The van der Waals surface area contributed by atoms with E-state index in [-0.39, 0.29) is 13.1 Å². The molecule has 9 nitrogen and oxygen atoms in total. The van der Waals surface area contributed by atoms with E-state index in [1.165, 1.54) is 13.8 Å². The van der Waals surface area contributed by atoms with Gasteiger partial charge in [0, 0.05) is 31.4 Å². The van der Waals surface area contributed by atoms with E-state index in [2.05, 4.69) is 15.0 Å². The molecule has 0 aliphatic carbocycles. The topological polar surface area (TPSA) is 117 Å². The lowest BCUT2D eigenvalue weighted by atomic mass is 10.0. The van der Waals surface area contributed by atoms with Gasteiger partial charge in [-0.2, -0.15) is 0 Å². The van der Waals surface area contributed by atoms with E-state index in [1.807, 2.05) is 0 Å². The van der Waals surface area contributed by atoms with Gasteiger partial charge in [0.15, 0.2) is 28.9 Å². The molecule has 0 bridgehead atoms. The molecule has 3 aromatic rings. The first-order valence-electron chi connectivity index (χ1n) is 12.1. The van der Waals surface area contributed by atoms with Crippen molar-refractivity contribution in [2.24, 2.45) is 5.92 Å². The number of anilines is 1. The highest BCUT2D eigenvalue weighted by atomic mass is 19.4. The first-order valence-corrected chi connectivity index (χ1v) is 12.1. The minimum absolute atomic E-state index is 0.281. The number of fused-ring (bicyclic) bond motifs is 1. The van der Waals surface area contributed by atoms with Crippen LogP contribution in [0, 0.1) is 29.2 Å². The summed E-state index contributed by atoms with van der Waals surface area (Å²) >= 11 is 0. The van der Waals surface area contributed by atoms with Crippen LogP contribution in [0.1, 0.15) is 24.2 Å². The number of rotatable bonds is 7. The average Bonchev–Trinajstić information content (AvgIpc) is 3.19. The molecule has 1 aromatic carbocycles. The summed E-state index contributed by atoms with van der Waals surface area (Å²) in [7, 11) is 0. The molecule has 0 spiro atoms. The molecule has 3 N–H and O–H groups in total. The number of carbonyl (C=O) groups excluding carboxylic acids is 1. The van der Waals surface area contributed by atoms with E-state index in [0.717, 1.165) is 4.90 Å². The number of halogens is 7. The van der Waals surface area contributed by atoms with Crippen LogP contribution in [-0.4, -0.2) is 70.0 Å².